The molecule has 1 aromatic heterocycles. The number of pyridine rings is 1. The van der Waals surface area contributed by atoms with Gasteiger partial charge in [-0.25, -0.2) is 18.6 Å². The number of aromatic nitrogens is 1. The molecule has 1 aromatic carbocycles. The number of carbonyl (C=O) groups excluding carboxylic acids is 2. The number of hydrogen-bond acceptors (Lipinski definition) is 4. The number of anilines is 1. The molecule has 2 aromatic rings. The van der Waals surface area contributed by atoms with E-state index in [1.54, 1.807) is 0 Å². The lowest BCUT2D eigenvalue weighted by atomic mass is 10.1. The van der Waals surface area contributed by atoms with E-state index in [-0.39, 0.29) is 16.9 Å². The quantitative estimate of drug-likeness (QED) is 0.686. The van der Waals surface area contributed by atoms with Crippen LogP contribution in [0.3, 0.4) is 0 Å². The van der Waals surface area contributed by atoms with Crippen LogP contribution in [-0.4, -0.2) is 24.0 Å². The van der Waals surface area contributed by atoms with Crippen molar-refractivity contribution in [2.45, 2.75) is 6.42 Å². The second kappa shape index (κ2) is 7.15. The largest absolute Gasteiger partial charge is 0.465 e. The molecule has 0 saturated heterocycles. The van der Waals surface area contributed by atoms with Crippen LogP contribution >= 0.6 is 11.6 Å². The Kier molecular flexibility index (Phi) is 5.23. The van der Waals surface area contributed by atoms with Gasteiger partial charge in [-0.2, -0.15) is 0 Å². The van der Waals surface area contributed by atoms with Gasteiger partial charge in [0.2, 0.25) is 5.91 Å². The molecule has 0 atom stereocenters. The second-order valence-corrected chi connectivity index (χ2v) is 4.82. The second-order valence-electron chi connectivity index (χ2n) is 4.44. The summed E-state index contributed by atoms with van der Waals surface area (Å²) in [7, 11) is 1.18. The van der Waals surface area contributed by atoms with Crippen molar-refractivity contribution in [3.63, 3.8) is 0 Å². The number of methoxy groups -OCH3 is 1. The summed E-state index contributed by atoms with van der Waals surface area (Å²) in [6, 6.07) is 4.65. The highest BCUT2D eigenvalue weighted by Crippen LogP contribution is 2.24. The predicted octanol–water partition coefficient (Wildman–Crippen LogP) is 2.98. The Balaban J connectivity index is 2.22. The number of ether oxygens (including phenoxy) is 1. The predicted molar refractivity (Wildman–Crippen MR) is 79.3 cm³/mol. The van der Waals surface area contributed by atoms with Crippen LogP contribution in [0.2, 0.25) is 5.02 Å². The number of rotatable bonds is 4. The molecule has 0 aliphatic heterocycles. The van der Waals surface area contributed by atoms with E-state index in [1.807, 2.05) is 0 Å². The zero-order chi connectivity index (χ0) is 17.0. The van der Waals surface area contributed by atoms with Crippen molar-refractivity contribution in [3.8, 4) is 0 Å². The molecule has 2 rings (SSSR count). The molecule has 0 radical (unpaired) electrons. The van der Waals surface area contributed by atoms with Crippen molar-refractivity contribution in [2.24, 2.45) is 0 Å². The third-order valence-electron chi connectivity index (χ3n) is 2.95. The molecule has 23 heavy (non-hydrogen) atoms. The summed E-state index contributed by atoms with van der Waals surface area (Å²) in [6.45, 7) is 0. The minimum atomic E-state index is -0.830. The van der Waals surface area contributed by atoms with Gasteiger partial charge in [0, 0.05) is 11.8 Å². The Morgan fingerprint density at radius 1 is 1.26 bits per heavy atom. The lowest BCUT2D eigenvalue weighted by Crippen LogP contribution is -2.19. The molecule has 0 unspecified atom stereocenters. The highest BCUT2D eigenvalue weighted by molar-refractivity contribution is 6.31. The maximum Gasteiger partial charge on any atom is 0.341 e. The van der Waals surface area contributed by atoms with E-state index in [0.29, 0.717) is 0 Å². The number of halogens is 3. The minimum Gasteiger partial charge on any atom is -0.465 e. The SMILES string of the molecule is COC(=O)c1cccnc1NC(=O)Cc1c(F)ccc(F)c1Cl. The van der Waals surface area contributed by atoms with Gasteiger partial charge in [0.25, 0.3) is 0 Å². The summed E-state index contributed by atoms with van der Waals surface area (Å²) in [4.78, 5) is 27.5. The van der Waals surface area contributed by atoms with E-state index in [9.17, 15) is 18.4 Å². The molecule has 0 bridgehead atoms. The average Bonchev–Trinajstić information content (AvgIpc) is 2.55. The summed E-state index contributed by atoms with van der Waals surface area (Å²) in [6.07, 6.45) is 0.845. The maximum absolute atomic E-state index is 13.7. The first-order valence-corrected chi connectivity index (χ1v) is 6.77. The molecular weight excluding hydrogens is 330 g/mol. The molecule has 0 fully saturated rings. The Bertz CT molecular complexity index is 768. The Morgan fingerprint density at radius 2 is 1.96 bits per heavy atom. The summed E-state index contributed by atoms with van der Waals surface area (Å²) in [5.41, 5.74) is -0.242. The van der Waals surface area contributed by atoms with Gasteiger partial charge in [-0.1, -0.05) is 11.6 Å². The van der Waals surface area contributed by atoms with Crippen molar-refractivity contribution >= 4 is 29.3 Å². The van der Waals surface area contributed by atoms with Crippen molar-refractivity contribution in [2.75, 3.05) is 12.4 Å². The lowest BCUT2D eigenvalue weighted by molar-refractivity contribution is -0.115. The van der Waals surface area contributed by atoms with Crippen LogP contribution < -0.4 is 5.32 Å². The third kappa shape index (κ3) is 3.81. The van der Waals surface area contributed by atoms with E-state index < -0.39 is 35.0 Å². The molecule has 8 heteroatoms. The average molecular weight is 341 g/mol. The molecule has 0 aliphatic rings. The van der Waals surface area contributed by atoms with Gasteiger partial charge >= 0.3 is 5.97 Å². The fourth-order valence-electron chi connectivity index (χ4n) is 1.85. The highest BCUT2D eigenvalue weighted by Gasteiger charge is 2.18. The molecule has 5 nitrogen and oxygen atoms in total. The maximum atomic E-state index is 13.7. The van der Waals surface area contributed by atoms with Crippen LogP contribution in [0.15, 0.2) is 30.5 Å². The summed E-state index contributed by atoms with van der Waals surface area (Å²) in [5, 5.41) is 1.89. The van der Waals surface area contributed by atoms with Crippen LogP contribution in [0.5, 0.6) is 0 Å². The normalized spacial score (nSPS) is 10.3. The first kappa shape index (κ1) is 16.8. The van der Waals surface area contributed by atoms with Gasteiger partial charge in [0.15, 0.2) is 0 Å². The van der Waals surface area contributed by atoms with Gasteiger partial charge in [0.05, 0.1) is 18.6 Å². The number of nitrogens with zero attached hydrogens (tertiary/aromatic N) is 1. The first-order valence-electron chi connectivity index (χ1n) is 6.39. The van der Waals surface area contributed by atoms with Gasteiger partial charge in [0.1, 0.15) is 23.0 Å². The number of esters is 1. The molecular formula is C15H11ClF2N2O3. The lowest BCUT2D eigenvalue weighted by Gasteiger charge is -2.10. The van der Waals surface area contributed by atoms with E-state index in [2.05, 4.69) is 15.0 Å². The smallest absolute Gasteiger partial charge is 0.341 e. The molecule has 0 spiro atoms. The topological polar surface area (TPSA) is 68.3 Å². The van der Waals surface area contributed by atoms with E-state index in [4.69, 9.17) is 11.6 Å². The first-order chi connectivity index (χ1) is 10.9. The Hall–Kier alpha value is -2.54. The van der Waals surface area contributed by atoms with Crippen molar-refractivity contribution in [1.29, 1.82) is 0 Å². The van der Waals surface area contributed by atoms with Crippen LogP contribution in [0, 0.1) is 11.6 Å². The monoisotopic (exact) mass is 340 g/mol. The van der Waals surface area contributed by atoms with Crippen LogP contribution in [0.4, 0.5) is 14.6 Å². The zero-order valence-corrected chi connectivity index (χ0v) is 12.7. The van der Waals surface area contributed by atoms with Crippen LogP contribution in [-0.2, 0) is 16.0 Å². The zero-order valence-electron chi connectivity index (χ0n) is 11.9. The van der Waals surface area contributed by atoms with Gasteiger partial charge in [-0.05, 0) is 24.3 Å². The number of nitrogens with one attached hydrogen (secondary N) is 1. The Labute approximate surface area is 135 Å². The number of hydrogen-bond donors (Lipinski definition) is 1. The van der Waals surface area contributed by atoms with Crippen molar-refractivity contribution in [3.05, 3.63) is 58.2 Å². The summed E-state index contributed by atoms with van der Waals surface area (Å²) >= 11 is 5.66. The molecule has 1 N–H and O–H groups in total. The summed E-state index contributed by atoms with van der Waals surface area (Å²) < 4.78 is 31.6. The van der Waals surface area contributed by atoms with Crippen molar-refractivity contribution in [1.82, 2.24) is 4.98 Å². The number of amides is 1. The van der Waals surface area contributed by atoms with Gasteiger partial charge in [-0.15, -0.1) is 0 Å². The molecule has 0 aliphatic carbocycles. The van der Waals surface area contributed by atoms with Crippen LogP contribution in [0.1, 0.15) is 15.9 Å². The number of carbonyl (C=O) groups is 2. The van der Waals surface area contributed by atoms with Crippen molar-refractivity contribution < 1.29 is 23.1 Å². The summed E-state index contributed by atoms with van der Waals surface area (Å²) in [5.74, 6) is -3.08. The van der Waals surface area contributed by atoms with Crippen LogP contribution in [0.25, 0.3) is 0 Å². The fraction of sp³-hybridized carbons (Fsp3) is 0.133. The minimum absolute atomic E-state index is 0.0363. The fourth-order valence-corrected chi connectivity index (χ4v) is 2.07. The highest BCUT2D eigenvalue weighted by atomic mass is 35.5. The Morgan fingerprint density at radius 3 is 2.65 bits per heavy atom. The molecule has 1 amide bonds. The van der Waals surface area contributed by atoms with E-state index >= 15 is 0 Å². The third-order valence-corrected chi connectivity index (χ3v) is 3.36. The molecule has 1 heterocycles. The van der Waals surface area contributed by atoms with E-state index in [1.165, 1.54) is 25.4 Å². The van der Waals surface area contributed by atoms with Gasteiger partial charge < -0.3 is 10.1 Å². The molecule has 120 valence electrons. The molecule has 0 saturated carbocycles. The van der Waals surface area contributed by atoms with Gasteiger partial charge in [-0.3, -0.25) is 4.79 Å². The van der Waals surface area contributed by atoms with E-state index in [0.717, 1.165) is 12.1 Å². The number of benzene rings is 1. The standard InChI is InChI=1S/C15H11ClF2N2O3/c1-23-15(22)8-3-2-6-19-14(8)20-12(21)7-9-10(17)4-5-11(18)13(9)16/h2-6H,7H2,1H3,(H,19,20,21).